The number of fused-ring (bicyclic) bond motifs is 1. The summed E-state index contributed by atoms with van der Waals surface area (Å²) in [5.74, 6) is 2.70. The van der Waals surface area contributed by atoms with E-state index in [9.17, 15) is 0 Å². The second-order valence-electron chi connectivity index (χ2n) is 8.27. The third-order valence-electron chi connectivity index (χ3n) is 6.13. The van der Waals surface area contributed by atoms with Crippen molar-refractivity contribution in [3.8, 4) is 45.5 Å². The zero-order valence-corrected chi connectivity index (χ0v) is 21.1. The Hall–Kier alpha value is -4.66. The van der Waals surface area contributed by atoms with Gasteiger partial charge in [0, 0.05) is 23.4 Å². The molecule has 188 valence electrons. The van der Waals surface area contributed by atoms with Crippen molar-refractivity contribution >= 4 is 10.9 Å². The maximum absolute atomic E-state index is 6.40. The summed E-state index contributed by atoms with van der Waals surface area (Å²) in [6.07, 6.45) is 0.747. The van der Waals surface area contributed by atoms with E-state index in [1.807, 2.05) is 42.5 Å². The Bertz CT molecular complexity index is 1520. The van der Waals surface area contributed by atoms with Gasteiger partial charge in [-0.05, 0) is 34.4 Å². The molecular weight excluding hydrogens is 470 g/mol. The van der Waals surface area contributed by atoms with Crippen LogP contribution in [-0.4, -0.2) is 46.9 Å². The molecule has 0 aliphatic heterocycles. The van der Waals surface area contributed by atoms with Crippen LogP contribution in [0.15, 0.2) is 60.7 Å². The molecule has 9 nitrogen and oxygen atoms in total. The SMILES string of the molecule is CCc1cc(OCc2ccc(-c3ccccc3)c(-c3nn[nH]n3)c2)c2c(OC)c(OC)c(OC)cc2n1. The van der Waals surface area contributed by atoms with Crippen molar-refractivity contribution in [1.82, 2.24) is 25.6 Å². The van der Waals surface area contributed by atoms with E-state index < -0.39 is 0 Å². The van der Waals surface area contributed by atoms with Crippen LogP contribution in [0.2, 0.25) is 0 Å². The molecule has 2 aromatic heterocycles. The lowest BCUT2D eigenvalue weighted by atomic mass is 9.97. The van der Waals surface area contributed by atoms with E-state index in [0.29, 0.717) is 40.9 Å². The van der Waals surface area contributed by atoms with E-state index in [4.69, 9.17) is 23.9 Å². The van der Waals surface area contributed by atoms with Gasteiger partial charge in [0.15, 0.2) is 11.5 Å². The highest BCUT2D eigenvalue weighted by Crippen LogP contribution is 2.46. The van der Waals surface area contributed by atoms with Gasteiger partial charge in [0.1, 0.15) is 12.4 Å². The molecule has 1 N–H and O–H groups in total. The molecule has 0 amide bonds. The number of aryl methyl sites for hydroxylation is 1. The van der Waals surface area contributed by atoms with Crippen LogP contribution in [0.3, 0.4) is 0 Å². The number of nitrogens with one attached hydrogen (secondary N) is 1. The number of pyridine rings is 1. The first-order valence-corrected chi connectivity index (χ1v) is 11.8. The van der Waals surface area contributed by atoms with Gasteiger partial charge in [-0.2, -0.15) is 5.21 Å². The molecule has 5 rings (SSSR count). The van der Waals surface area contributed by atoms with Crippen LogP contribution < -0.4 is 18.9 Å². The van der Waals surface area contributed by atoms with Crippen LogP contribution in [0.4, 0.5) is 0 Å². The minimum absolute atomic E-state index is 0.305. The number of aromatic nitrogens is 5. The van der Waals surface area contributed by atoms with Crippen LogP contribution in [-0.2, 0) is 13.0 Å². The van der Waals surface area contributed by atoms with E-state index >= 15 is 0 Å². The van der Waals surface area contributed by atoms with Gasteiger partial charge in [-0.1, -0.05) is 49.4 Å². The fraction of sp³-hybridized carbons (Fsp3) is 0.214. The number of hydrogen-bond donors (Lipinski definition) is 1. The van der Waals surface area contributed by atoms with Gasteiger partial charge in [-0.15, -0.1) is 10.2 Å². The number of hydrogen-bond acceptors (Lipinski definition) is 8. The summed E-state index contributed by atoms with van der Waals surface area (Å²) >= 11 is 0. The van der Waals surface area contributed by atoms with Crippen molar-refractivity contribution in [2.75, 3.05) is 21.3 Å². The third-order valence-corrected chi connectivity index (χ3v) is 6.13. The number of nitrogens with zero attached hydrogens (tertiary/aromatic N) is 4. The molecule has 0 aliphatic carbocycles. The molecule has 3 aromatic carbocycles. The number of benzene rings is 3. The van der Waals surface area contributed by atoms with Crippen molar-refractivity contribution in [3.63, 3.8) is 0 Å². The highest BCUT2D eigenvalue weighted by molar-refractivity contribution is 5.95. The van der Waals surface area contributed by atoms with Crippen LogP contribution in [0.5, 0.6) is 23.0 Å². The van der Waals surface area contributed by atoms with Gasteiger partial charge in [-0.25, -0.2) is 0 Å². The number of tetrazole rings is 1. The molecule has 2 heterocycles. The topological polar surface area (TPSA) is 104 Å². The maximum Gasteiger partial charge on any atom is 0.205 e. The number of aromatic amines is 1. The zero-order valence-electron chi connectivity index (χ0n) is 21.1. The summed E-state index contributed by atoms with van der Waals surface area (Å²) in [6, 6.07) is 20.0. The molecule has 0 saturated heterocycles. The monoisotopic (exact) mass is 497 g/mol. The van der Waals surface area contributed by atoms with Crippen molar-refractivity contribution in [2.45, 2.75) is 20.0 Å². The number of H-pyrrole nitrogens is 1. The van der Waals surface area contributed by atoms with Crippen molar-refractivity contribution in [3.05, 3.63) is 71.9 Å². The lowest BCUT2D eigenvalue weighted by Crippen LogP contribution is -2.02. The lowest BCUT2D eigenvalue weighted by Gasteiger charge is -2.18. The Labute approximate surface area is 214 Å². The van der Waals surface area contributed by atoms with Crippen molar-refractivity contribution in [2.24, 2.45) is 0 Å². The predicted molar refractivity (Wildman–Crippen MR) is 140 cm³/mol. The number of methoxy groups -OCH3 is 3. The quantitative estimate of drug-likeness (QED) is 0.294. The first-order valence-electron chi connectivity index (χ1n) is 11.8. The molecule has 0 unspecified atom stereocenters. The van der Waals surface area contributed by atoms with Gasteiger partial charge in [0.05, 0.1) is 32.2 Å². The van der Waals surface area contributed by atoms with Gasteiger partial charge >= 0.3 is 0 Å². The number of rotatable bonds is 9. The standard InChI is InChI=1S/C28H27N5O4/c1-5-19-14-23(25-22(29-19)15-24(34-2)26(35-3)27(25)36-4)37-16-17-11-12-20(18-9-7-6-8-10-18)21(13-17)28-30-32-33-31-28/h6-15H,5,16H2,1-4H3,(H,30,31,32,33). The summed E-state index contributed by atoms with van der Waals surface area (Å²) in [5.41, 5.74) is 5.47. The van der Waals surface area contributed by atoms with E-state index in [-0.39, 0.29) is 0 Å². The largest absolute Gasteiger partial charge is 0.493 e. The average molecular weight is 498 g/mol. The fourth-order valence-corrected chi connectivity index (χ4v) is 4.35. The van der Waals surface area contributed by atoms with Gasteiger partial charge in [-0.3, -0.25) is 4.98 Å². The Morgan fingerprint density at radius 2 is 1.62 bits per heavy atom. The molecule has 0 bridgehead atoms. The smallest absolute Gasteiger partial charge is 0.205 e. The van der Waals surface area contributed by atoms with Crippen LogP contribution in [0.25, 0.3) is 33.4 Å². The third kappa shape index (κ3) is 4.63. The molecule has 0 radical (unpaired) electrons. The fourth-order valence-electron chi connectivity index (χ4n) is 4.35. The zero-order chi connectivity index (χ0) is 25.8. The van der Waals surface area contributed by atoms with E-state index in [2.05, 4.69) is 45.7 Å². The van der Waals surface area contributed by atoms with E-state index in [1.165, 1.54) is 0 Å². The summed E-state index contributed by atoms with van der Waals surface area (Å²) in [4.78, 5) is 4.77. The second kappa shape index (κ2) is 10.5. The second-order valence-corrected chi connectivity index (χ2v) is 8.27. The summed E-state index contributed by atoms with van der Waals surface area (Å²) in [6.45, 7) is 2.36. The summed E-state index contributed by atoms with van der Waals surface area (Å²) in [7, 11) is 4.76. The van der Waals surface area contributed by atoms with E-state index in [0.717, 1.165) is 39.8 Å². The molecule has 0 spiro atoms. The van der Waals surface area contributed by atoms with Gasteiger partial charge < -0.3 is 18.9 Å². The van der Waals surface area contributed by atoms with Crippen molar-refractivity contribution < 1.29 is 18.9 Å². The molecule has 0 fully saturated rings. The lowest BCUT2D eigenvalue weighted by molar-refractivity contribution is 0.305. The summed E-state index contributed by atoms with van der Waals surface area (Å²) in [5, 5.41) is 15.4. The van der Waals surface area contributed by atoms with Crippen LogP contribution in [0.1, 0.15) is 18.2 Å². The first-order chi connectivity index (χ1) is 18.2. The average Bonchev–Trinajstić information content (AvgIpc) is 3.50. The summed E-state index contributed by atoms with van der Waals surface area (Å²) < 4.78 is 23.3. The van der Waals surface area contributed by atoms with Crippen LogP contribution in [0, 0.1) is 0 Å². The van der Waals surface area contributed by atoms with Crippen molar-refractivity contribution in [1.29, 1.82) is 0 Å². The molecular formula is C28H27N5O4. The highest BCUT2D eigenvalue weighted by Gasteiger charge is 2.21. The molecule has 9 heteroatoms. The molecule has 37 heavy (non-hydrogen) atoms. The normalized spacial score (nSPS) is 10.9. The minimum Gasteiger partial charge on any atom is -0.493 e. The molecule has 5 aromatic rings. The Morgan fingerprint density at radius 1 is 0.811 bits per heavy atom. The Balaban J connectivity index is 1.56. The van der Waals surface area contributed by atoms with Crippen LogP contribution >= 0.6 is 0 Å². The minimum atomic E-state index is 0.305. The highest BCUT2D eigenvalue weighted by atomic mass is 16.5. The first kappa shape index (κ1) is 24.1. The Kier molecular flexibility index (Phi) is 6.85. The van der Waals surface area contributed by atoms with Gasteiger partial charge in [0.25, 0.3) is 0 Å². The predicted octanol–water partition coefficient (Wildman–Crippen LogP) is 5.25. The maximum atomic E-state index is 6.40. The number of ether oxygens (including phenoxy) is 4. The van der Waals surface area contributed by atoms with E-state index in [1.54, 1.807) is 21.3 Å². The molecule has 0 aliphatic rings. The Morgan fingerprint density at radius 3 is 2.30 bits per heavy atom. The molecule has 0 atom stereocenters. The van der Waals surface area contributed by atoms with Gasteiger partial charge in [0.2, 0.25) is 11.6 Å². The molecule has 0 saturated carbocycles.